The molecule has 22 heteroatoms. The molecule has 2 aromatic heterocycles. The summed E-state index contributed by atoms with van der Waals surface area (Å²) in [6.45, 7) is 14.9. The number of carbonyl (C=O) groups is 2. The van der Waals surface area contributed by atoms with E-state index < -0.39 is 29.7 Å². The summed E-state index contributed by atoms with van der Waals surface area (Å²) in [6, 6.07) is 0.0222. The van der Waals surface area contributed by atoms with Gasteiger partial charge in [0.1, 0.15) is 0 Å². The quantitative estimate of drug-likeness (QED) is 0.0734. The second-order valence-corrected chi connectivity index (χ2v) is 16.7. The topological polar surface area (TPSA) is 227 Å². The van der Waals surface area contributed by atoms with Crippen molar-refractivity contribution in [1.29, 1.82) is 0 Å². The highest BCUT2D eigenvalue weighted by molar-refractivity contribution is 8.76. The third-order valence-corrected chi connectivity index (χ3v) is 14.0. The molecule has 0 saturated heterocycles. The van der Waals surface area contributed by atoms with E-state index in [1.807, 2.05) is 41.5 Å². The van der Waals surface area contributed by atoms with Crippen LogP contribution in [0.1, 0.15) is 54.4 Å². The fraction of sp³-hybridized carbons (Fsp3) is 0.750. The molecule has 0 aromatic carbocycles. The lowest BCUT2D eigenvalue weighted by Crippen LogP contribution is -2.46. The van der Waals surface area contributed by atoms with Gasteiger partial charge in [-0.15, -0.1) is 19.6 Å². The number of nitrogen functional groups attached to an aromatic ring is 2. The Balaban J connectivity index is 1.87. The SMILES string of the molecule is CCO[Si](CCCNC(=O)n1nc(SSc2nc(N)n(C(=O)NCCC[Si](OCC)(OCC)OCC)n2)nc1N)(OCC)OCC. The van der Waals surface area contributed by atoms with Gasteiger partial charge in [-0.3, -0.25) is 0 Å². The summed E-state index contributed by atoms with van der Waals surface area (Å²) in [5, 5.41) is 14.2. The van der Waals surface area contributed by atoms with Gasteiger partial charge in [-0.05, 0) is 76.0 Å². The Kier molecular flexibility index (Phi) is 18.1. The average Bonchev–Trinajstić information content (AvgIpc) is 3.58. The van der Waals surface area contributed by atoms with Crippen LogP contribution in [0.25, 0.3) is 0 Å². The highest BCUT2D eigenvalue weighted by Crippen LogP contribution is 2.34. The third-order valence-electron chi connectivity index (χ3n) is 5.86. The number of nitrogens with one attached hydrogen (secondary N) is 2. The van der Waals surface area contributed by atoms with E-state index in [1.165, 1.54) is 0 Å². The Morgan fingerprint density at radius 1 is 0.630 bits per heavy atom. The third kappa shape index (κ3) is 12.4. The number of nitrogens with zero attached hydrogens (tertiary/aromatic N) is 6. The number of amides is 2. The summed E-state index contributed by atoms with van der Waals surface area (Å²) in [7, 11) is -3.51. The van der Waals surface area contributed by atoms with Gasteiger partial charge in [0.25, 0.3) is 0 Å². The Morgan fingerprint density at radius 3 is 1.22 bits per heavy atom. The van der Waals surface area contributed by atoms with Crippen molar-refractivity contribution in [2.24, 2.45) is 0 Å². The molecule has 0 aliphatic heterocycles. The van der Waals surface area contributed by atoms with Gasteiger partial charge in [-0.25, -0.2) is 9.59 Å². The molecule has 2 amide bonds. The molecule has 0 fully saturated rings. The number of hydrogen-bond donors (Lipinski definition) is 4. The second kappa shape index (κ2) is 20.8. The summed E-state index contributed by atoms with van der Waals surface area (Å²) in [5.74, 6) is -0.186. The molecule has 0 saturated carbocycles. The first-order chi connectivity index (χ1) is 22.1. The van der Waals surface area contributed by atoms with Crippen molar-refractivity contribution in [2.75, 3.05) is 64.2 Å². The molecule has 0 radical (unpaired) electrons. The van der Waals surface area contributed by atoms with Crippen molar-refractivity contribution in [3.8, 4) is 0 Å². The standard InChI is InChI=1S/C24H48N10O8S2Si2/c1-7-37-45(38-8-2,39-9-3)17-13-15-27-23(35)33-19(25)29-21(31-33)43-44-22-30-20(26)34(32-22)24(36)28-16-14-18-46(40-10-4,41-11-5)42-12-6/h7-18H2,1-6H3,(H,27,35)(H,28,36)(H2,25,29,31)(H2,26,30,32). The molecule has 6 N–H and O–H groups in total. The minimum atomic E-state index is -2.81. The Labute approximate surface area is 279 Å². The molecule has 0 aliphatic carbocycles. The first-order valence-electron chi connectivity index (χ1n) is 15.3. The smallest absolute Gasteiger partial charge is 0.374 e. The zero-order valence-corrected chi connectivity index (χ0v) is 31.0. The largest absolute Gasteiger partial charge is 0.500 e. The van der Waals surface area contributed by atoms with E-state index in [-0.39, 0.29) is 22.2 Å². The number of rotatable bonds is 23. The van der Waals surface area contributed by atoms with Crippen LogP contribution in [0.15, 0.2) is 10.3 Å². The van der Waals surface area contributed by atoms with E-state index >= 15 is 0 Å². The zero-order chi connectivity index (χ0) is 34.0. The summed E-state index contributed by atoms with van der Waals surface area (Å²) in [5.41, 5.74) is 11.9. The fourth-order valence-electron chi connectivity index (χ4n) is 4.21. The van der Waals surface area contributed by atoms with Crippen molar-refractivity contribution in [1.82, 2.24) is 40.2 Å². The van der Waals surface area contributed by atoms with Crippen LogP contribution in [0.2, 0.25) is 12.1 Å². The van der Waals surface area contributed by atoms with Gasteiger partial charge in [0.15, 0.2) is 0 Å². The van der Waals surface area contributed by atoms with Crippen molar-refractivity contribution < 1.29 is 36.1 Å². The van der Waals surface area contributed by atoms with Crippen LogP contribution < -0.4 is 22.1 Å². The lowest BCUT2D eigenvalue weighted by molar-refractivity contribution is 0.0700. The van der Waals surface area contributed by atoms with Crippen molar-refractivity contribution in [2.45, 2.75) is 76.8 Å². The van der Waals surface area contributed by atoms with Crippen LogP contribution in [-0.4, -0.2) is 112 Å². The maximum absolute atomic E-state index is 12.7. The van der Waals surface area contributed by atoms with Gasteiger partial charge in [0.2, 0.25) is 22.2 Å². The monoisotopic (exact) mass is 724 g/mol. The number of carbonyl (C=O) groups excluding carboxylic acids is 2. The van der Waals surface area contributed by atoms with Crippen LogP contribution >= 0.6 is 21.6 Å². The number of aromatic nitrogens is 6. The molecule has 2 aromatic rings. The average molecular weight is 725 g/mol. The molecule has 18 nitrogen and oxygen atoms in total. The summed E-state index contributed by atoms with van der Waals surface area (Å²) >= 11 is 0. The van der Waals surface area contributed by atoms with Crippen LogP contribution in [0.3, 0.4) is 0 Å². The van der Waals surface area contributed by atoms with Crippen molar-refractivity contribution in [3.05, 3.63) is 0 Å². The van der Waals surface area contributed by atoms with E-state index in [4.69, 9.17) is 38.0 Å². The van der Waals surface area contributed by atoms with Crippen molar-refractivity contribution in [3.63, 3.8) is 0 Å². The molecule has 2 rings (SSSR count). The van der Waals surface area contributed by atoms with Gasteiger partial charge in [0, 0.05) is 64.8 Å². The predicted octanol–water partition coefficient (Wildman–Crippen LogP) is 2.83. The molecule has 0 spiro atoms. The van der Waals surface area contributed by atoms with Crippen LogP contribution in [0.5, 0.6) is 0 Å². The van der Waals surface area contributed by atoms with Crippen LogP contribution in [0, 0.1) is 0 Å². The normalized spacial score (nSPS) is 12.0. The van der Waals surface area contributed by atoms with Crippen molar-refractivity contribution >= 4 is 63.2 Å². The highest BCUT2D eigenvalue weighted by Gasteiger charge is 2.40. The summed E-state index contributed by atoms with van der Waals surface area (Å²) in [6.07, 6.45) is 1.15. The van der Waals surface area contributed by atoms with Crippen LogP contribution in [0.4, 0.5) is 21.5 Å². The number of anilines is 2. The fourth-order valence-corrected chi connectivity index (χ4v) is 10.9. The molecule has 46 heavy (non-hydrogen) atoms. The van der Waals surface area contributed by atoms with E-state index in [1.54, 1.807) is 0 Å². The first kappa shape index (κ1) is 39.9. The summed E-state index contributed by atoms with van der Waals surface area (Å²) < 4.78 is 37.0. The minimum Gasteiger partial charge on any atom is -0.374 e. The van der Waals surface area contributed by atoms with Gasteiger partial charge in [0.05, 0.1) is 0 Å². The van der Waals surface area contributed by atoms with Gasteiger partial charge < -0.3 is 48.7 Å². The molecule has 0 unspecified atom stereocenters. The molecular weight excluding hydrogens is 677 g/mol. The molecular formula is C24H48N10O8S2Si2. The first-order valence-corrected chi connectivity index (χ1v) is 21.3. The molecule has 0 bridgehead atoms. The lowest BCUT2D eigenvalue weighted by Gasteiger charge is -2.28. The molecule has 262 valence electrons. The van der Waals surface area contributed by atoms with Gasteiger partial charge >= 0.3 is 29.7 Å². The van der Waals surface area contributed by atoms with Gasteiger partial charge in [-0.2, -0.15) is 9.97 Å². The van der Waals surface area contributed by atoms with E-state index in [0.717, 1.165) is 31.0 Å². The molecule has 2 heterocycles. The van der Waals surface area contributed by atoms with E-state index in [9.17, 15) is 9.59 Å². The molecule has 0 atom stereocenters. The molecule has 0 aliphatic rings. The second-order valence-electron chi connectivity index (χ2n) is 9.13. The Morgan fingerprint density at radius 2 is 0.935 bits per heavy atom. The van der Waals surface area contributed by atoms with E-state index in [0.29, 0.717) is 77.7 Å². The van der Waals surface area contributed by atoms with Crippen LogP contribution in [-0.2, 0) is 26.6 Å². The zero-order valence-electron chi connectivity index (χ0n) is 27.4. The number of hydrogen-bond acceptors (Lipinski definition) is 16. The lowest BCUT2D eigenvalue weighted by atomic mass is 10.5. The maximum atomic E-state index is 12.7. The number of nitrogens with two attached hydrogens (primary N) is 2. The maximum Gasteiger partial charge on any atom is 0.500 e. The van der Waals surface area contributed by atoms with Gasteiger partial charge in [-0.1, -0.05) is 0 Å². The minimum absolute atomic E-state index is 0.0928. The predicted molar refractivity (Wildman–Crippen MR) is 178 cm³/mol. The highest BCUT2D eigenvalue weighted by atomic mass is 33.1. The Hall–Kier alpha value is -2.29. The van der Waals surface area contributed by atoms with E-state index in [2.05, 4.69) is 30.8 Å². The Bertz CT molecular complexity index is 1090. The summed E-state index contributed by atoms with van der Waals surface area (Å²) in [4.78, 5) is 33.6.